The number of fused-ring (bicyclic) bond motifs is 1. The zero-order valence-electron chi connectivity index (χ0n) is 21.7. The highest BCUT2D eigenvalue weighted by Gasteiger charge is 2.35. The second-order valence-corrected chi connectivity index (χ2v) is 11.5. The Bertz CT molecular complexity index is 1280. The number of imidazole rings is 1. The fourth-order valence-electron chi connectivity index (χ4n) is 6.25. The van der Waals surface area contributed by atoms with Gasteiger partial charge in [-0.2, -0.15) is 4.98 Å². The molecule has 194 valence electrons. The standard InChI is InChI=1S/C27H37ClN6O2/c1-18(2)23(20-7-9-21(28)10-8-20)32-13-14-34(19(3)15-32)24-22-25(31(4)26(35)30-24)33(17-29-22)16-27(36)11-5-6-12-27/h7-10,17-19,23,36H,5-6,11-16H2,1-4H3. The molecule has 0 bridgehead atoms. The highest BCUT2D eigenvalue weighted by molar-refractivity contribution is 6.30. The lowest BCUT2D eigenvalue weighted by Gasteiger charge is -2.45. The summed E-state index contributed by atoms with van der Waals surface area (Å²) in [6.45, 7) is 9.61. The highest BCUT2D eigenvalue weighted by Crippen LogP contribution is 2.35. The number of nitrogens with zero attached hydrogens (tertiary/aromatic N) is 6. The molecule has 2 fully saturated rings. The number of anilines is 1. The van der Waals surface area contributed by atoms with Gasteiger partial charge < -0.3 is 14.6 Å². The van der Waals surface area contributed by atoms with Gasteiger partial charge in [0.25, 0.3) is 0 Å². The van der Waals surface area contributed by atoms with Crippen LogP contribution in [0.1, 0.15) is 58.1 Å². The van der Waals surface area contributed by atoms with E-state index >= 15 is 0 Å². The van der Waals surface area contributed by atoms with Crippen molar-refractivity contribution in [3.05, 3.63) is 51.7 Å². The largest absolute Gasteiger partial charge is 0.388 e. The van der Waals surface area contributed by atoms with Crippen LogP contribution in [0.4, 0.5) is 5.82 Å². The minimum atomic E-state index is -0.737. The van der Waals surface area contributed by atoms with Gasteiger partial charge in [-0.15, -0.1) is 0 Å². The molecule has 2 aromatic heterocycles. The molecule has 1 saturated carbocycles. The number of aliphatic hydroxyl groups is 1. The van der Waals surface area contributed by atoms with Crippen molar-refractivity contribution in [2.75, 3.05) is 24.5 Å². The molecule has 0 amide bonds. The minimum absolute atomic E-state index is 0.152. The predicted molar refractivity (Wildman–Crippen MR) is 144 cm³/mol. The molecule has 2 atom stereocenters. The van der Waals surface area contributed by atoms with Crippen molar-refractivity contribution >= 4 is 28.6 Å². The summed E-state index contributed by atoms with van der Waals surface area (Å²) >= 11 is 6.14. The van der Waals surface area contributed by atoms with Crippen LogP contribution >= 0.6 is 11.6 Å². The number of piperazine rings is 1. The number of hydrogen-bond donors (Lipinski definition) is 1. The maximum Gasteiger partial charge on any atom is 0.350 e. The van der Waals surface area contributed by atoms with E-state index in [1.165, 1.54) is 5.56 Å². The summed E-state index contributed by atoms with van der Waals surface area (Å²) in [5, 5.41) is 11.8. The van der Waals surface area contributed by atoms with E-state index in [-0.39, 0.29) is 17.8 Å². The molecule has 2 unspecified atom stereocenters. The summed E-state index contributed by atoms with van der Waals surface area (Å²) in [5.41, 5.74) is 1.68. The Balaban J connectivity index is 1.43. The van der Waals surface area contributed by atoms with E-state index in [0.717, 1.165) is 61.5 Å². The van der Waals surface area contributed by atoms with Crippen molar-refractivity contribution in [3.63, 3.8) is 0 Å². The Labute approximate surface area is 217 Å². The van der Waals surface area contributed by atoms with Gasteiger partial charge in [-0.3, -0.25) is 9.47 Å². The van der Waals surface area contributed by atoms with Gasteiger partial charge in [0, 0.05) is 43.8 Å². The second kappa shape index (κ2) is 9.80. The summed E-state index contributed by atoms with van der Waals surface area (Å²) < 4.78 is 3.49. The van der Waals surface area contributed by atoms with E-state index in [9.17, 15) is 9.90 Å². The normalized spacial score (nSPS) is 21.5. The van der Waals surface area contributed by atoms with Crippen molar-refractivity contribution in [2.45, 2.75) is 70.7 Å². The fraction of sp³-hybridized carbons (Fsp3) is 0.593. The van der Waals surface area contributed by atoms with Crippen molar-refractivity contribution in [3.8, 4) is 0 Å². The quantitative estimate of drug-likeness (QED) is 0.538. The highest BCUT2D eigenvalue weighted by atomic mass is 35.5. The molecule has 9 heteroatoms. The van der Waals surface area contributed by atoms with Crippen LogP contribution < -0.4 is 10.6 Å². The maximum atomic E-state index is 12.9. The second-order valence-electron chi connectivity index (χ2n) is 11.0. The molecule has 2 aliphatic rings. The first-order valence-corrected chi connectivity index (χ1v) is 13.4. The van der Waals surface area contributed by atoms with Gasteiger partial charge in [-0.05, 0) is 43.4 Å². The maximum absolute atomic E-state index is 12.9. The smallest absolute Gasteiger partial charge is 0.350 e. The van der Waals surface area contributed by atoms with Crippen LogP contribution in [-0.2, 0) is 13.6 Å². The first-order valence-electron chi connectivity index (χ1n) is 13.1. The van der Waals surface area contributed by atoms with Gasteiger partial charge in [-0.1, -0.05) is 50.4 Å². The summed E-state index contributed by atoms with van der Waals surface area (Å²) in [6, 6.07) is 8.62. The minimum Gasteiger partial charge on any atom is -0.388 e. The molecule has 3 aromatic rings. The molecule has 0 spiro atoms. The van der Waals surface area contributed by atoms with Crippen molar-refractivity contribution in [1.29, 1.82) is 0 Å². The zero-order chi connectivity index (χ0) is 25.6. The lowest BCUT2D eigenvalue weighted by atomic mass is 9.93. The molecule has 1 aliphatic carbocycles. The Morgan fingerprint density at radius 3 is 2.50 bits per heavy atom. The molecule has 36 heavy (non-hydrogen) atoms. The van der Waals surface area contributed by atoms with Gasteiger partial charge in [0.2, 0.25) is 0 Å². The van der Waals surface area contributed by atoms with Crippen LogP contribution in [0.25, 0.3) is 11.2 Å². The number of rotatable bonds is 6. The molecule has 1 N–H and O–H groups in total. The van der Waals surface area contributed by atoms with Gasteiger partial charge in [0.1, 0.15) is 11.2 Å². The van der Waals surface area contributed by atoms with E-state index in [1.54, 1.807) is 17.9 Å². The average molecular weight is 513 g/mol. The Morgan fingerprint density at radius 2 is 1.86 bits per heavy atom. The van der Waals surface area contributed by atoms with E-state index in [4.69, 9.17) is 16.6 Å². The van der Waals surface area contributed by atoms with Crippen LogP contribution in [0.15, 0.2) is 35.4 Å². The summed E-state index contributed by atoms with van der Waals surface area (Å²) in [6.07, 6.45) is 5.38. The predicted octanol–water partition coefficient (Wildman–Crippen LogP) is 4.00. The van der Waals surface area contributed by atoms with Gasteiger partial charge >= 0.3 is 5.69 Å². The summed E-state index contributed by atoms with van der Waals surface area (Å²) in [4.78, 5) is 26.9. The molecular formula is C27H37ClN6O2. The van der Waals surface area contributed by atoms with Crippen LogP contribution in [0, 0.1) is 5.92 Å². The SMILES string of the molecule is CC(C)C(c1ccc(Cl)cc1)N1CCN(c2nc(=O)n(C)c3c2ncn3CC2(O)CCCC2)C(C)C1. The van der Waals surface area contributed by atoms with Gasteiger partial charge in [-0.25, -0.2) is 9.78 Å². The van der Waals surface area contributed by atoms with Crippen LogP contribution in [0.5, 0.6) is 0 Å². The van der Waals surface area contributed by atoms with Gasteiger partial charge in [0.15, 0.2) is 5.82 Å². The third-order valence-electron chi connectivity index (χ3n) is 7.99. The topological polar surface area (TPSA) is 79.4 Å². The van der Waals surface area contributed by atoms with E-state index < -0.39 is 5.60 Å². The van der Waals surface area contributed by atoms with Crippen molar-refractivity contribution < 1.29 is 5.11 Å². The van der Waals surface area contributed by atoms with Crippen molar-refractivity contribution in [2.24, 2.45) is 13.0 Å². The molecule has 1 aliphatic heterocycles. The molecule has 0 radical (unpaired) electrons. The van der Waals surface area contributed by atoms with E-state index in [1.807, 2.05) is 16.7 Å². The third-order valence-corrected chi connectivity index (χ3v) is 8.25. The molecule has 1 saturated heterocycles. The molecule has 8 nitrogen and oxygen atoms in total. The molecule has 5 rings (SSSR count). The average Bonchev–Trinajstić information content (AvgIpc) is 3.45. The van der Waals surface area contributed by atoms with E-state index in [0.29, 0.717) is 18.3 Å². The van der Waals surface area contributed by atoms with Gasteiger partial charge in [0.05, 0.1) is 18.5 Å². The fourth-order valence-corrected chi connectivity index (χ4v) is 6.37. The number of aryl methyl sites for hydroxylation is 1. The summed E-state index contributed by atoms with van der Waals surface area (Å²) in [5.74, 6) is 1.08. The van der Waals surface area contributed by atoms with Crippen LogP contribution in [-0.4, -0.2) is 60.4 Å². The summed E-state index contributed by atoms with van der Waals surface area (Å²) in [7, 11) is 1.74. The molecular weight excluding hydrogens is 476 g/mol. The monoisotopic (exact) mass is 512 g/mol. The Kier molecular flexibility index (Phi) is 6.87. The first-order chi connectivity index (χ1) is 17.2. The number of hydrogen-bond acceptors (Lipinski definition) is 6. The molecule has 1 aromatic carbocycles. The third kappa shape index (κ3) is 4.66. The number of halogens is 1. The zero-order valence-corrected chi connectivity index (χ0v) is 22.4. The Morgan fingerprint density at radius 1 is 1.17 bits per heavy atom. The van der Waals surface area contributed by atoms with Crippen LogP contribution in [0.2, 0.25) is 5.02 Å². The first kappa shape index (κ1) is 25.2. The Hall–Kier alpha value is -2.42. The number of benzene rings is 1. The lowest BCUT2D eigenvalue weighted by Crippen LogP contribution is -2.54. The van der Waals surface area contributed by atoms with Crippen molar-refractivity contribution in [1.82, 2.24) is 24.0 Å². The van der Waals surface area contributed by atoms with Crippen LogP contribution in [0.3, 0.4) is 0 Å². The molecule has 3 heterocycles. The lowest BCUT2D eigenvalue weighted by molar-refractivity contribution is 0.0307. The number of aromatic nitrogens is 4. The van der Waals surface area contributed by atoms with E-state index in [2.05, 4.69) is 47.7 Å².